The van der Waals surface area contributed by atoms with Crippen molar-refractivity contribution in [2.45, 2.75) is 0 Å². The third-order valence-electron chi connectivity index (χ3n) is 2.19. The maximum absolute atomic E-state index is 5.87. The van der Waals surface area contributed by atoms with E-state index >= 15 is 0 Å². The van der Waals surface area contributed by atoms with Gasteiger partial charge in [-0.15, -0.1) is 0 Å². The molecule has 0 radical (unpaired) electrons. The molecule has 88 valence electrons. The van der Waals surface area contributed by atoms with Gasteiger partial charge in [-0.25, -0.2) is 9.97 Å². The predicted octanol–water partition coefficient (Wildman–Crippen LogP) is 2.94. The molecule has 17 heavy (non-hydrogen) atoms. The summed E-state index contributed by atoms with van der Waals surface area (Å²) >= 11 is 5.87. The largest absolute Gasteiger partial charge is 0.363 e. The number of nitrogens with one attached hydrogen (secondary N) is 1. The molecular formula is C12H13ClN4. The van der Waals surface area contributed by atoms with E-state index in [2.05, 4.69) is 15.3 Å². The normalized spacial score (nSPS) is 10.1. The van der Waals surface area contributed by atoms with Gasteiger partial charge in [-0.3, -0.25) is 0 Å². The van der Waals surface area contributed by atoms with Crippen LogP contribution in [0.4, 0.5) is 17.3 Å². The summed E-state index contributed by atoms with van der Waals surface area (Å²) in [7, 11) is 3.82. The summed E-state index contributed by atoms with van der Waals surface area (Å²) in [5.74, 6) is 1.45. The van der Waals surface area contributed by atoms with E-state index in [1.165, 1.54) is 0 Å². The summed E-state index contributed by atoms with van der Waals surface area (Å²) < 4.78 is 0. The number of hydrogen-bond donors (Lipinski definition) is 1. The summed E-state index contributed by atoms with van der Waals surface area (Å²) in [4.78, 5) is 10.1. The first kappa shape index (κ1) is 11.7. The van der Waals surface area contributed by atoms with Crippen molar-refractivity contribution in [1.29, 1.82) is 0 Å². The van der Waals surface area contributed by atoms with Crippen molar-refractivity contribution in [3.63, 3.8) is 0 Å². The summed E-state index contributed by atoms with van der Waals surface area (Å²) in [5, 5.41) is 3.41. The van der Waals surface area contributed by atoms with Crippen molar-refractivity contribution in [3.05, 3.63) is 41.7 Å². The topological polar surface area (TPSA) is 41.0 Å². The van der Waals surface area contributed by atoms with Gasteiger partial charge in [0.15, 0.2) is 0 Å². The van der Waals surface area contributed by atoms with Gasteiger partial charge >= 0.3 is 0 Å². The summed E-state index contributed by atoms with van der Waals surface area (Å²) in [6.07, 6.45) is 0. The fourth-order valence-electron chi connectivity index (χ4n) is 1.37. The number of hydrogen-bond acceptors (Lipinski definition) is 4. The first-order valence-electron chi connectivity index (χ1n) is 5.19. The fourth-order valence-corrected chi connectivity index (χ4v) is 1.55. The summed E-state index contributed by atoms with van der Waals surface area (Å²) in [5.41, 5.74) is 0.965. The molecule has 0 aliphatic rings. The van der Waals surface area contributed by atoms with E-state index in [4.69, 9.17) is 11.6 Å². The molecular weight excluding hydrogens is 236 g/mol. The number of halogens is 1. The summed E-state index contributed by atoms with van der Waals surface area (Å²) in [6.45, 7) is 0. The van der Waals surface area contributed by atoms with Gasteiger partial charge < -0.3 is 10.2 Å². The maximum Gasteiger partial charge on any atom is 0.226 e. The molecule has 1 heterocycles. The molecule has 1 N–H and O–H groups in total. The third-order valence-corrected chi connectivity index (χ3v) is 2.36. The average Bonchev–Trinajstić information content (AvgIpc) is 2.29. The lowest BCUT2D eigenvalue weighted by atomic mass is 10.3. The quantitative estimate of drug-likeness (QED) is 0.848. The van der Waals surface area contributed by atoms with E-state index in [0.29, 0.717) is 5.82 Å². The van der Waals surface area contributed by atoms with Gasteiger partial charge in [-0.2, -0.15) is 0 Å². The molecule has 0 unspecified atom stereocenters. The van der Waals surface area contributed by atoms with Crippen LogP contribution in [0.2, 0.25) is 5.28 Å². The van der Waals surface area contributed by atoms with Gasteiger partial charge in [0.25, 0.3) is 0 Å². The highest BCUT2D eigenvalue weighted by atomic mass is 35.5. The van der Waals surface area contributed by atoms with Gasteiger partial charge in [-0.1, -0.05) is 18.2 Å². The lowest BCUT2D eigenvalue weighted by Crippen LogP contribution is -2.11. The van der Waals surface area contributed by atoms with E-state index in [1.807, 2.05) is 55.4 Å². The van der Waals surface area contributed by atoms with Crippen LogP contribution in [0.25, 0.3) is 0 Å². The summed E-state index contributed by atoms with van der Waals surface area (Å²) in [6, 6.07) is 11.6. The van der Waals surface area contributed by atoms with Crippen LogP contribution in [0.1, 0.15) is 0 Å². The second-order valence-electron chi connectivity index (χ2n) is 3.77. The number of benzene rings is 1. The Bertz CT molecular complexity index is 499. The van der Waals surface area contributed by atoms with Crippen LogP contribution in [0.15, 0.2) is 36.4 Å². The maximum atomic E-state index is 5.87. The van der Waals surface area contributed by atoms with Crippen LogP contribution in [-0.4, -0.2) is 24.1 Å². The van der Waals surface area contributed by atoms with E-state index in [-0.39, 0.29) is 5.28 Å². The second kappa shape index (κ2) is 5.01. The third kappa shape index (κ3) is 3.07. The fraction of sp³-hybridized carbons (Fsp3) is 0.167. The smallest absolute Gasteiger partial charge is 0.226 e. The lowest BCUT2D eigenvalue weighted by Gasteiger charge is -2.13. The monoisotopic (exact) mass is 248 g/mol. The number of para-hydroxylation sites is 1. The van der Waals surface area contributed by atoms with Crippen molar-refractivity contribution < 1.29 is 0 Å². The minimum atomic E-state index is 0.231. The Balaban J connectivity index is 2.27. The molecule has 2 rings (SSSR count). The first-order valence-corrected chi connectivity index (χ1v) is 5.57. The highest BCUT2D eigenvalue weighted by Crippen LogP contribution is 2.19. The minimum Gasteiger partial charge on any atom is -0.363 e. The van der Waals surface area contributed by atoms with Gasteiger partial charge in [0, 0.05) is 25.8 Å². The molecule has 2 aromatic rings. The van der Waals surface area contributed by atoms with Crippen LogP contribution in [0.3, 0.4) is 0 Å². The first-order chi connectivity index (χ1) is 8.15. The van der Waals surface area contributed by atoms with E-state index in [0.717, 1.165) is 11.5 Å². The number of aromatic nitrogens is 2. The van der Waals surface area contributed by atoms with E-state index < -0.39 is 0 Å². The van der Waals surface area contributed by atoms with Crippen molar-refractivity contribution in [2.75, 3.05) is 24.3 Å². The van der Waals surface area contributed by atoms with Crippen LogP contribution >= 0.6 is 11.6 Å². The molecule has 0 aliphatic carbocycles. The van der Waals surface area contributed by atoms with Crippen molar-refractivity contribution >= 4 is 28.9 Å². The number of anilines is 3. The molecule has 0 fully saturated rings. The SMILES string of the molecule is CN(C)c1cc(Nc2ccccc2)nc(Cl)n1. The van der Waals surface area contributed by atoms with Crippen LogP contribution in [0.5, 0.6) is 0 Å². The Hall–Kier alpha value is -1.81. The molecule has 0 spiro atoms. The molecule has 0 saturated carbocycles. The Labute approximate surface area is 105 Å². The highest BCUT2D eigenvalue weighted by Gasteiger charge is 2.04. The zero-order valence-electron chi connectivity index (χ0n) is 9.68. The van der Waals surface area contributed by atoms with Crippen LogP contribution < -0.4 is 10.2 Å². The highest BCUT2D eigenvalue weighted by molar-refractivity contribution is 6.28. The minimum absolute atomic E-state index is 0.231. The number of nitrogens with zero attached hydrogens (tertiary/aromatic N) is 3. The van der Waals surface area contributed by atoms with Crippen LogP contribution in [0, 0.1) is 0 Å². The predicted molar refractivity (Wildman–Crippen MR) is 71.1 cm³/mol. The van der Waals surface area contributed by atoms with E-state index in [9.17, 15) is 0 Å². The van der Waals surface area contributed by atoms with Crippen molar-refractivity contribution in [3.8, 4) is 0 Å². The Morgan fingerprint density at radius 3 is 2.47 bits per heavy atom. The van der Waals surface area contributed by atoms with E-state index in [1.54, 1.807) is 0 Å². The Morgan fingerprint density at radius 1 is 1.12 bits per heavy atom. The molecule has 0 aliphatic heterocycles. The molecule has 1 aromatic carbocycles. The zero-order valence-corrected chi connectivity index (χ0v) is 10.4. The molecule has 4 nitrogen and oxygen atoms in total. The van der Waals surface area contributed by atoms with Gasteiger partial charge in [0.1, 0.15) is 11.6 Å². The Morgan fingerprint density at radius 2 is 1.82 bits per heavy atom. The standard InChI is InChI=1S/C12H13ClN4/c1-17(2)11-8-10(15-12(13)16-11)14-9-6-4-3-5-7-9/h3-8H,1-2H3,(H,14,15,16). The lowest BCUT2D eigenvalue weighted by molar-refractivity contribution is 1.04. The molecule has 5 heteroatoms. The van der Waals surface area contributed by atoms with Crippen molar-refractivity contribution in [2.24, 2.45) is 0 Å². The molecule has 0 bridgehead atoms. The molecule has 0 saturated heterocycles. The average molecular weight is 249 g/mol. The zero-order chi connectivity index (χ0) is 12.3. The molecule has 1 aromatic heterocycles. The molecule has 0 amide bonds. The van der Waals surface area contributed by atoms with Gasteiger partial charge in [-0.05, 0) is 23.7 Å². The van der Waals surface area contributed by atoms with Crippen LogP contribution in [-0.2, 0) is 0 Å². The second-order valence-corrected chi connectivity index (χ2v) is 4.10. The van der Waals surface area contributed by atoms with Gasteiger partial charge in [0.2, 0.25) is 5.28 Å². The van der Waals surface area contributed by atoms with Crippen molar-refractivity contribution in [1.82, 2.24) is 9.97 Å². The molecule has 0 atom stereocenters. The number of rotatable bonds is 3. The Kier molecular flexibility index (Phi) is 3.44. The van der Waals surface area contributed by atoms with Gasteiger partial charge in [0.05, 0.1) is 0 Å².